The van der Waals surface area contributed by atoms with Gasteiger partial charge in [-0.3, -0.25) is 0 Å². The molecule has 1 heteroatoms. The number of hydrogen-bond acceptors (Lipinski definition) is 0. The summed E-state index contributed by atoms with van der Waals surface area (Å²) in [5.74, 6) is 7.30. The first kappa shape index (κ1) is 14.2. The number of rotatable bonds is 1. The van der Waals surface area contributed by atoms with Gasteiger partial charge in [0.15, 0.2) is 0 Å². The minimum atomic E-state index is 0.603. The summed E-state index contributed by atoms with van der Waals surface area (Å²) in [4.78, 5) is 0. The molecule has 4 rings (SSSR count). The fraction of sp³-hybridized carbons (Fsp3) is 0.273. The van der Waals surface area contributed by atoms with Crippen molar-refractivity contribution in [2.45, 2.75) is 32.1 Å². The van der Waals surface area contributed by atoms with Crippen LogP contribution in [-0.2, 0) is 0 Å². The molecule has 1 nitrogen and oxygen atoms in total. The van der Waals surface area contributed by atoms with Crippen molar-refractivity contribution in [2.24, 2.45) is 5.92 Å². The summed E-state index contributed by atoms with van der Waals surface area (Å²) < 4.78 is 2.25. The van der Waals surface area contributed by atoms with Gasteiger partial charge in [-0.15, -0.1) is 0 Å². The van der Waals surface area contributed by atoms with Gasteiger partial charge in [0.25, 0.3) is 0 Å². The first-order chi connectivity index (χ1) is 11.4. The van der Waals surface area contributed by atoms with Crippen LogP contribution in [0.1, 0.15) is 32.1 Å². The molecule has 1 aliphatic carbocycles. The molecule has 0 N–H and O–H groups in total. The molecule has 114 valence electrons. The monoisotopic (exact) mass is 299 g/mol. The second-order valence-electron chi connectivity index (χ2n) is 6.34. The van der Waals surface area contributed by atoms with Crippen molar-refractivity contribution in [3.05, 3.63) is 54.6 Å². The van der Waals surface area contributed by atoms with Gasteiger partial charge in [0.2, 0.25) is 0 Å². The molecule has 0 radical (unpaired) electrons. The minimum absolute atomic E-state index is 0.603. The number of allylic oxidation sites excluding steroid dienone is 1. The van der Waals surface area contributed by atoms with Crippen LogP contribution >= 0.6 is 0 Å². The van der Waals surface area contributed by atoms with E-state index in [1.165, 1.54) is 53.9 Å². The van der Waals surface area contributed by atoms with Gasteiger partial charge in [-0.1, -0.05) is 67.5 Å². The molecular weight excluding hydrogens is 278 g/mol. The molecule has 1 saturated carbocycles. The maximum absolute atomic E-state index is 3.43. The predicted octanol–water partition coefficient (Wildman–Crippen LogP) is 5.85. The van der Waals surface area contributed by atoms with Gasteiger partial charge in [0.05, 0.1) is 11.0 Å². The Labute approximate surface area is 137 Å². The first-order valence-corrected chi connectivity index (χ1v) is 8.59. The fourth-order valence-corrected chi connectivity index (χ4v) is 3.64. The SMILES string of the molecule is C(#CC1CCCCC1)/C=C/n1c2ccccc2c2ccccc21. The van der Waals surface area contributed by atoms with E-state index >= 15 is 0 Å². The molecule has 0 spiro atoms. The summed E-state index contributed by atoms with van der Waals surface area (Å²) in [7, 11) is 0. The highest BCUT2D eigenvalue weighted by Crippen LogP contribution is 2.28. The van der Waals surface area contributed by atoms with Crippen LogP contribution in [0.2, 0.25) is 0 Å². The van der Waals surface area contributed by atoms with Gasteiger partial charge in [0, 0.05) is 29.0 Å². The molecule has 0 bridgehead atoms. The second-order valence-corrected chi connectivity index (χ2v) is 6.34. The van der Waals surface area contributed by atoms with Crippen molar-refractivity contribution < 1.29 is 0 Å². The molecule has 0 atom stereocenters. The molecule has 1 fully saturated rings. The van der Waals surface area contributed by atoms with E-state index in [9.17, 15) is 0 Å². The van der Waals surface area contributed by atoms with Crippen molar-refractivity contribution in [3.8, 4) is 11.8 Å². The summed E-state index contributed by atoms with van der Waals surface area (Å²) in [6.45, 7) is 0. The van der Waals surface area contributed by atoms with E-state index in [-0.39, 0.29) is 0 Å². The summed E-state index contributed by atoms with van der Waals surface area (Å²) in [6, 6.07) is 17.1. The van der Waals surface area contributed by atoms with Crippen LogP contribution in [0, 0.1) is 17.8 Å². The van der Waals surface area contributed by atoms with E-state index in [4.69, 9.17) is 0 Å². The maximum atomic E-state index is 3.43. The van der Waals surface area contributed by atoms with E-state index in [0.717, 1.165) is 0 Å². The van der Waals surface area contributed by atoms with Crippen LogP contribution in [0.25, 0.3) is 28.0 Å². The van der Waals surface area contributed by atoms with E-state index in [2.05, 4.69) is 71.1 Å². The maximum Gasteiger partial charge on any atom is 0.0535 e. The van der Waals surface area contributed by atoms with Crippen molar-refractivity contribution in [2.75, 3.05) is 0 Å². The Kier molecular flexibility index (Phi) is 3.90. The smallest absolute Gasteiger partial charge is 0.0535 e. The lowest BCUT2D eigenvalue weighted by molar-refractivity contribution is 0.430. The third-order valence-corrected chi connectivity index (χ3v) is 4.82. The van der Waals surface area contributed by atoms with Crippen LogP contribution in [0.5, 0.6) is 0 Å². The predicted molar refractivity (Wildman–Crippen MR) is 99.1 cm³/mol. The number of nitrogens with zero attached hydrogens (tertiary/aromatic N) is 1. The summed E-state index contributed by atoms with van der Waals surface area (Å²) in [5.41, 5.74) is 2.48. The van der Waals surface area contributed by atoms with Gasteiger partial charge in [-0.05, 0) is 25.0 Å². The van der Waals surface area contributed by atoms with Crippen LogP contribution in [-0.4, -0.2) is 4.57 Å². The van der Waals surface area contributed by atoms with Gasteiger partial charge in [0.1, 0.15) is 0 Å². The topological polar surface area (TPSA) is 4.93 Å². The lowest BCUT2D eigenvalue weighted by Gasteiger charge is -2.15. The van der Waals surface area contributed by atoms with Gasteiger partial charge in [-0.2, -0.15) is 0 Å². The number of aromatic nitrogens is 1. The van der Waals surface area contributed by atoms with Crippen LogP contribution in [0.4, 0.5) is 0 Å². The van der Waals surface area contributed by atoms with Gasteiger partial charge < -0.3 is 4.57 Å². The Hall–Kier alpha value is -2.46. The molecule has 0 unspecified atom stereocenters. The number of benzene rings is 2. The lowest BCUT2D eigenvalue weighted by Crippen LogP contribution is -2.02. The van der Waals surface area contributed by atoms with Crippen LogP contribution < -0.4 is 0 Å². The van der Waals surface area contributed by atoms with Crippen molar-refractivity contribution in [1.82, 2.24) is 4.57 Å². The van der Waals surface area contributed by atoms with Crippen LogP contribution in [0.3, 0.4) is 0 Å². The Balaban J connectivity index is 1.70. The quantitative estimate of drug-likeness (QED) is 0.497. The molecule has 2 aromatic carbocycles. The third kappa shape index (κ3) is 2.78. The lowest BCUT2D eigenvalue weighted by atomic mass is 9.90. The Morgan fingerprint density at radius 3 is 2.09 bits per heavy atom. The average molecular weight is 299 g/mol. The molecule has 3 aromatic rings. The van der Waals surface area contributed by atoms with Crippen molar-refractivity contribution >= 4 is 28.0 Å². The molecular formula is C22H21N. The van der Waals surface area contributed by atoms with Crippen molar-refractivity contribution in [3.63, 3.8) is 0 Å². The molecule has 1 aliphatic rings. The first-order valence-electron chi connectivity index (χ1n) is 8.59. The number of fused-ring (bicyclic) bond motifs is 3. The summed E-state index contributed by atoms with van der Waals surface area (Å²) >= 11 is 0. The van der Waals surface area contributed by atoms with Gasteiger partial charge >= 0.3 is 0 Å². The molecule has 1 aromatic heterocycles. The Morgan fingerprint density at radius 2 is 1.43 bits per heavy atom. The summed E-state index contributed by atoms with van der Waals surface area (Å²) in [5, 5.41) is 2.60. The Morgan fingerprint density at radius 1 is 0.826 bits per heavy atom. The highest BCUT2D eigenvalue weighted by molar-refractivity contribution is 6.09. The zero-order chi connectivity index (χ0) is 15.5. The third-order valence-electron chi connectivity index (χ3n) is 4.82. The zero-order valence-electron chi connectivity index (χ0n) is 13.3. The minimum Gasteiger partial charge on any atom is -0.315 e. The zero-order valence-corrected chi connectivity index (χ0v) is 13.3. The van der Waals surface area contributed by atoms with Crippen LogP contribution in [0.15, 0.2) is 54.6 Å². The van der Waals surface area contributed by atoms with Crippen molar-refractivity contribution in [1.29, 1.82) is 0 Å². The second kappa shape index (κ2) is 6.34. The molecule has 0 amide bonds. The molecule has 1 heterocycles. The highest BCUT2D eigenvalue weighted by atomic mass is 14.9. The molecule has 0 saturated heterocycles. The van der Waals surface area contributed by atoms with E-state index in [1.807, 2.05) is 6.08 Å². The number of para-hydroxylation sites is 2. The largest absolute Gasteiger partial charge is 0.315 e. The summed E-state index contributed by atoms with van der Waals surface area (Å²) in [6.07, 6.45) is 10.7. The highest BCUT2D eigenvalue weighted by Gasteiger charge is 2.09. The fourth-order valence-electron chi connectivity index (χ4n) is 3.64. The van der Waals surface area contributed by atoms with Gasteiger partial charge in [-0.25, -0.2) is 0 Å². The van der Waals surface area contributed by atoms with E-state index in [0.29, 0.717) is 5.92 Å². The number of hydrogen-bond donors (Lipinski definition) is 0. The van der Waals surface area contributed by atoms with E-state index in [1.54, 1.807) is 0 Å². The normalized spacial score (nSPS) is 16.0. The average Bonchev–Trinajstić information content (AvgIpc) is 2.94. The molecule has 0 aliphatic heterocycles. The standard InChI is InChI=1S/C22H21N/c1-2-10-18(11-3-1)12-8-9-17-23-21-15-6-4-13-19(21)20-14-5-7-16-22(20)23/h4-7,9,13-18H,1-3,10-11H2/b17-9+. The molecule has 23 heavy (non-hydrogen) atoms. The Bertz CT molecular complexity index is 858. The van der Waals surface area contributed by atoms with E-state index < -0.39 is 0 Å².